The lowest BCUT2D eigenvalue weighted by atomic mass is 10.0. The van der Waals surface area contributed by atoms with E-state index in [1.165, 1.54) is 25.7 Å². The predicted molar refractivity (Wildman–Crippen MR) is 104 cm³/mol. The summed E-state index contributed by atoms with van der Waals surface area (Å²) in [7, 11) is 0. The molecule has 0 aromatic heterocycles. The lowest BCUT2D eigenvalue weighted by Gasteiger charge is -2.23. The molecule has 5 nitrogen and oxygen atoms in total. The summed E-state index contributed by atoms with van der Waals surface area (Å²) in [6.07, 6.45) is 11.5. The highest BCUT2D eigenvalue weighted by molar-refractivity contribution is 5.85. The van der Waals surface area contributed by atoms with Crippen LogP contribution in [0.3, 0.4) is 0 Å². The van der Waals surface area contributed by atoms with Crippen molar-refractivity contribution in [1.29, 1.82) is 0 Å². The second kappa shape index (κ2) is 12.5. The Hall–Kier alpha value is -0.810. The van der Waals surface area contributed by atoms with Crippen molar-refractivity contribution in [2.75, 3.05) is 32.7 Å². The van der Waals surface area contributed by atoms with Crippen LogP contribution in [0.1, 0.15) is 70.6 Å². The number of unbranched alkanes of at least 4 members (excludes halogenated alkanes) is 3. The Balaban J connectivity index is 0.00000312. The first-order valence-electron chi connectivity index (χ1n) is 9.96. The molecular formula is C19H36ClN3O2. The van der Waals surface area contributed by atoms with Gasteiger partial charge in [-0.2, -0.15) is 0 Å². The van der Waals surface area contributed by atoms with Gasteiger partial charge in [-0.3, -0.25) is 9.59 Å². The third-order valence-corrected chi connectivity index (χ3v) is 5.48. The molecule has 0 aromatic rings. The first kappa shape index (κ1) is 22.2. The number of carbonyl (C=O) groups is 2. The van der Waals surface area contributed by atoms with Crippen LogP contribution in [0.25, 0.3) is 0 Å². The fourth-order valence-electron chi connectivity index (χ4n) is 3.94. The molecule has 2 aliphatic rings. The van der Waals surface area contributed by atoms with Crippen molar-refractivity contribution in [2.24, 2.45) is 11.7 Å². The number of rotatable bonds is 8. The summed E-state index contributed by atoms with van der Waals surface area (Å²) in [6, 6.07) is 0. The van der Waals surface area contributed by atoms with E-state index in [0.717, 1.165) is 58.2 Å². The SMILES string of the molecule is Cl.NCCCCCCC(=O)N1CCCN(C(=O)CC2CCCC2)CC1. The van der Waals surface area contributed by atoms with Gasteiger partial charge >= 0.3 is 0 Å². The van der Waals surface area contributed by atoms with Gasteiger partial charge in [0.05, 0.1) is 0 Å². The largest absolute Gasteiger partial charge is 0.341 e. The van der Waals surface area contributed by atoms with Gasteiger partial charge in [-0.15, -0.1) is 12.4 Å². The van der Waals surface area contributed by atoms with E-state index in [0.29, 0.717) is 31.3 Å². The van der Waals surface area contributed by atoms with Gasteiger partial charge in [0, 0.05) is 39.0 Å². The average molecular weight is 374 g/mol. The van der Waals surface area contributed by atoms with Gasteiger partial charge in [0.2, 0.25) is 11.8 Å². The zero-order valence-electron chi connectivity index (χ0n) is 15.6. The number of amides is 2. The van der Waals surface area contributed by atoms with Gasteiger partial charge in [-0.05, 0) is 44.6 Å². The first-order valence-corrected chi connectivity index (χ1v) is 9.96. The molecule has 6 heteroatoms. The fraction of sp³-hybridized carbons (Fsp3) is 0.895. The van der Waals surface area contributed by atoms with Crippen LogP contribution in [0.2, 0.25) is 0 Å². The van der Waals surface area contributed by atoms with E-state index in [-0.39, 0.29) is 18.3 Å². The van der Waals surface area contributed by atoms with Crippen LogP contribution in [-0.4, -0.2) is 54.3 Å². The number of nitrogens with zero attached hydrogens (tertiary/aromatic N) is 2. The maximum absolute atomic E-state index is 12.5. The van der Waals surface area contributed by atoms with Crippen LogP contribution >= 0.6 is 12.4 Å². The quantitative estimate of drug-likeness (QED) is 0.665. The molecule has 0 unspecified atom stereocenters. The van der Waals surface area contributed by atoms with Crippen molar-refractivity contribution >= 4 is 24.2 Å². The summed E-state index contributed by atoms with van der Waals surface area (Å²) in [6.45, 7) is 3.77. The molecular weight excluding hydrogens is 338 g/mol. The highest BCUT2D eigenvalue weighted by Gasteiger charge is 2.25. The smallest absolute Gasteiger partial charge is 0.222 e. The summed E-state index contributed by atoms with van der Waals surface area (Å²) in [5, 5.41) is 0. The minimum absolute atomic E-state index is 0. The van der Waals surface area contributed by atoms with Crippen molar-refractivity contribution in [2.45, 2.75) is 70.6 Å². The molecule has 0 spiro atoms. The number of hydrogen-bond acceptors (Lipinski definition) is 3. The lowest BCUT2D eigenvalue weighted by Crippen LogP contribution is -2.37. The average Bonchev–Trinajstić information content (AvgIpc) is 2.95. The molecule has 2 N–H and O–H groups in total. The molecule has 146 valence electrons. The maximum atomic E-state index is 12.5. The summed E-state index contributed by atoms with van der Waals surface area (Å²) < 4.78 is 0. The molecule has 1 aliphatic heterocycles. The molecule has 1 aliphatic carbocycles. The zero-order chi connectivity index (χ0) is 17.2. The molecule has 0 bridgehead atoms. The molecule has 1 saturated heterocycles. The van der Waals surface area contributed by atoms with E-state index in [4.69, 9.17) is 5.73 Å². The number of hydrogen-bond donors (Lipinski definition) is 1. The number of carbonyl (C=O) groups excluding carboxylic acids is 2. The van der Waals surface area contributed by atoms with Crippen LogP contribution in [0.15, 0.2) is 0 Å². The van der Waals surface area contributed by atoms with E-state index in [2.05, 4.69) is 0 Å². The molecule has 2 amide bonds. The van der Waals surface area contributed by atoms with Crippen LogP contribution in [0.5, 0.6) is 0 Å². The Kier molecular flexibility index (Phi) is 11.1. The summed E-state index contributed by atoms with van der Waals surface area (Å²) in [5.74, 6) is 1.16. The van der Waals surface area contributed by atoms with Crippen molar-refractivity contribution < 1.29 is 9.59 Å². The molecule has 1 heterocycles. The standard InChI is InChI=1S/C19H35N3O2.ClH/c20-11-6-2-1-3-10-18(23)21-12-7-13-22(15-14-21)19(24)16-17-8-4-5-9-17;/h17H,1-16,20H2;1H. The summed E-state index contributed by atoms with van der Waals surface area (Å²) in [5.41, 5.74) is 5.49. The lowest BCUT2D eigenvalue weighted by molar-refractivity contribution is -0.134. The van der Waals surface area contributed by atoms with Crippen LogP contribution in [-0.2, 0) is 9.59 Å². The van der Waals surface area contributed by atoms with E-state index in [1.807, 2.05) is 9.80 Å². The van der Waals surface area contributed by atoms with E-state index < -0.39 is 0 Å². The molecule has 2 fully saturated rings. The zero-order valence-corrected chi connectivity index (χ0v) is 16.4. The van der Waals surface area contributed by atoms with Crippen molar-refractivity contribution in [3.63, 3.8) is 0 Å². The third-order valence-electron chi connectivity index (χ3n) is 5.48. The van der Waals surface area contributed by atoms with E-state index in [9.17, 15) is 9.59 Å². The fourth-order valence-corrected chi connectivity index (χ4v) is 3.94. The number of nitrogens with two attached hydrogens (primary N) is 1. The minimum atomic E-state index is 0. The summed E-state index contributed by atoms with van der Waals surface area (Å²) >= 11 is 0. The topological polar surface area (TPSA) is 66.6 Å². The number of halogens is 1. The Morgan fingerprint density at radius 2 is 1.40 bits per heavy atom. The van der Waals surface area contributed by atoms with Crippen LogP contribution in [0.4, 0.5) is 0 Å². The predicted octanol–water partition coefficient (Wildman–Crippen LogP) is 2.96. The van der Waals surface area contributed by atoms with Gasteiger partial charge in [-0.1, -0.05) is 25.7 Å². The Labute approximate surface area is 159 Å². The third kappa shape index (κ3) is 7.95. The van der Waals surface area contributed by atoms with Crippen LogP contribution < -0.4 is 5.73 Å². The molecule has 2 rings (SSSR count). The molecule has 25 heavy (non-hydrogen) atoms. The van der Waals surface area contributed by atoms with Crippen molar-refractivity contribution in [1.82, 2.24) is 9.80 Å². The Morgan fingerprint density at radius 1 is 0.800 bits per heavy atom. The minimum Gasteiger partial charge on any atom is -0.341 e. The molecule has 0 atom stereocenters. The highest BCUT2D eigenvalue weighted by Crippen LogP contribution is 2.28. The van der Waals surface area contributed by atoms with Crippen molar-refractivity contribution in [3.8, 4) is 0 Å². The molecule has 1 saturated carbocycles. The van der Waals surface area contributed by atoms with E-state index >= 15 is 0 Å². The maximum Gasteiger partial charge on any atom is 0.222 e. The monoisotopic (exact) mass is 373 g/mol. The summed E-state index contributed by atoms with van der Waals surface area (Å²) in [4.78, 5) is 28.8. The van der Waals surface area contributed by atoms with Crippen LogP contribution in [0, 0.1) is 5.92 Å². The van der Waals surface area contributed by atoms with Gasteiger partial charge in [0.25, 0.3) is 0 Å². The first-order chi connectivity index (χ1) is 11.7. The Morgan fingerprint density at radius 3 is 2.04 bits per heavy atom. The van der Waals surface area contributed by atoms with E-state index in [1.54, 1.807) is 0 Å². The molecule has 0 aromatic carbocycles. The molecule has 0 radical (unpaired) electrons. The highest BCUT2D eigenvalue weighted by atomic mass is 35.5. The van der Waals surface area contributed by atoms with Gasteiger partial charge in [0.15, 0.2) is 0 Å². The second-order valence-electron chi connectivity index (χ2n) is 7.42. The van der Waals surface area contributed by atoms with Crippen molar-refractivity contribution in [3.05, 3.63) is 0 Å². The second-order valence-corrected chi connectivity index (χ2v) is 7.42. The van der Waals surface area contributed by atoms with Gasteiger partial charge in [0.1, 0.15) is 0 Å². The van der Waals surface area contributed by atoms with Gasteiger partial charge in [-0.25, -0.2) is 0 Å². The van der Waals surface area contributed by atoms with Gasteiger partial charge < -0.3 is 15.5 Å². The normalized spacial score (nSPS) is 18.8. The Bertz CT molecular complexity index is 400.